The van der Waals surface area contributed by atoms with Crippen molar-refractivity contribution in [2.75, 3.05) is 62.4 Å². The maximum atomic E-state index is 4.78. The zero-order chi connectivity index (χ0) is 21.8. The van der Waals surface area contributed by atoms with E-state index >= 15 is 0 Å². The molecular formula is C22H29N9. The monoisotopic (exact) mass is 419 g/mol. The zero-order valence-corrected chi connectivity index (χ0v) is 18.6. The molecule has 0 spiro atoms. The summed E-state index contributed by atoms with van der Waals surface area (Å²) in [5, 5.41) is 3.33. The standard InChI is InChI=1S/C22H29N9/c1-5-18-24-21(28-22(25-18)31-13-11-30(4)12-14-31)27-20-17(29(2)3)15-23-19(26-20)16-9-7-6-8-10-16/h6-10,15H,5,11-14H2,1-4H3,(H,23,24,25,26,27,28). The van der Waals surface area contributed by atoms with Crippen molar-refractivity contribution < 1.29 is 0 Å². The summed E-state index contributed by atoms with van der Waals surface area (Å²) in [5.74, 6) is 3.29. The highest BCUT2D eigenvalue weighted by Gasteiger charge is 2.19. The van der Waals surface area contributed by atoms with Crippen LogP contribution in [0.15, 0.2) is 36.5 Å². The van der Waals surface area contributed by atoms with Gasteiger partial charge < -0.3 is 20.0 Å². The van der Waals surface area contributed by atoms with E-state index in [9.17, 15) is 0 Å². The van der Waals surface area contributed by atoms with Gasteiger partial charge in [0.2, 0.25) is 11.9 Å². The summed E-state index contributed by atoms with van der Waals surface area (Å²) in [7, 11) is 6.07. The quantitative estimate of drug-likeness (QED) is 0.647. The first kappa shape index (κ1) is 20.9. The minimum atomic E-state index is 0.501. The van der Waals surface area contributed by atoms with Gasteiger partial charge in [0, 0.05) is 52.3 Å². The van der Waals surface area contributed by atoms with Crippen molar-refractivity contribution in [3.63, 3.8) is 0 Å². The Balaban J connectivity index is 1.68. The Bertz CT molecular complexity index is 1010. The third-order valence-electron chi connectivity index (χ3n) is 5.29. The lowest BCUT2D eigenvalue weighted by Crippen LogP contribution is -2.45. The van der Waals surface area contributed by atoms with Crippen LogP contribution in [0.2, 0.25) is 0 Å². The first-order chi connectivity index (χ1) is 15.0. The van der Waals surface area contributed by atoms with Gasteiger partial charge in [-0.2, -0.15) is 15.0 Å². The van der Waals surface area contributed by atoms with Gasteiger partial charge in [0.25, 0.3) is 0 Å². The fourth-order valence-electron chi connectivity index (χ4n) is 3.40. The number of nitrogens with one attached hydrogen (secondary N) is 1. The molecular weight excluding hydrogens is 390 g/mol. The van der Waals surface area contributed by atoms with Gasteiger partial charge in [0.1, 0.15) is 5.82 Å². The van der Waals surface area contributed by atoms with Gasteiger partial charge in [-0.15, -0.1) is 0 Å². The highest BCUT2D eigenvalue weighted by molar-refractivity contribution is 5.71. The molecule has 4 rings (SSSR count). The molecule has 162 valence electrons. The number of nitrogens with zero attached hydrogens (tertiary/aromatic N) is 8. The highest BCUT2D eigenvalue weighted by Crippen LogP contribution is 2.27. The minimum absolute atomic E-state index is 0.501. The molecule has 9 nitrogen and oxygen atoms in total. The van der Waals surface area contributed by atoms with Gasteiger partial charge in [0.15, 0.2) is 11.6 Å². The molecule has 0 radical (unpaired) electrons. The van der Waals surface area contributed by atoms with Gasteiger partial charge >= 0.3 is 0 Å². The third kappa shape index (κ3) is 4.88. The van der Waals surface area contributed by atoms with E-state index in [0.29, 0.717) is 23.5 Å². The highest BCUT2D eigenvalue weighted by atomic mass is 15.3. The summed E-state index contributed by atoms with van der Waals surface area (Å²) >= 11 is 0. The smallest absolute Gasteiger partial charge is 0.233 e. The summed E-state index contributed by atoms with van der Waals surface area (Å²) in [6.07, 6.45) is 2.55. The number of hydrogen-bond donors (Lipinski definition) is 1. The van der Waals surface area contributed by atoms with Crippen LogP contribution in [0.25, 0.3) is 11.4 Å². The second-order valence-corrected chi connectivity index (χ2v) is 7.83. The van der Waals surface area contributed by atoms with Crippen molar-refractivity contribution >= 4 is 23.4 Å². The fourth-order valence-corrected chi connectivity index (χ4v) is 3.40. The lowest BCUT2D eigenvalue weighted by Gasteiger charge is -2.32. The van der Waals surface area contributed by atoms with Gasteiger partial charge in [-0.3, -0.25) is 0 Å². The van der Waals surface area contributed by atoms with Crippen LogP contribution in [0, 0.1) is 0 Å². The molecule has 2 aromatic heterocycles. The molecule has 1 aliphatic heterocycles. The predicted octanol–water partition coefficient (Wildman–Crippen LogP) is 2.45. The normalized spacial score (nSPS) is 14.5. The molecule has 1 fully saturated rings. The number of aryl methyl sites for hydroxylation is 1. The average Bonchev–Trinajstić information content (AvgIpc) is 2.79. The molecule has 31 heavy (non-hydrogen) atoms. The van der Waals surface area contributed by atoms with Gasteiger partial charge in [-0.05, 0) is 7.05 Å². The van der Waals surface area contributed by atoms with Crippen molar-refractivity contribution in [2.45, 2.75) is 13.3 Å². The Morgan fingerprint density at radius 1 is 0.968 bits per heavy atom. The van der Waals surface area contributed by atoms with E-state index in [-0.39, 0.29) is 0 Å². The average molecular weight is 420 g/mol. The zero-order valence-electron chi connectivity index (χ0n) is 18.6. The van der Waals surface area contributed by atoms with Crippen LogP contribution in [-0.2, 0) is 6.42 Å². The number of likely N-dealkylation sites (N-methyl/N-ethyl adjacent to an activating group) is 1. The maximum absolute atomic E-state index is 4.78. The van der Waals surface area contributed by atoms with E-state index in [4.69, 9.17) is 9.97 Å². The van der Waals surface area contributed by atoms with E-state index < -0.39 is 0 Å². The van der Waals surface area contributed by atoms with Gasteiger partial charge in [-0.1, -0.05) is 37.3 Å². The van der Waals surface area contributed by atoms with Crippen LogP contribution < -0.4 is 15.1 Å². The molecule has 0 bridgehead atoms. The molecule has 3 aromatic rings. The first-order valence-corrected chi connectivity index (χ1v) is 10.6. The molecule has 1 saturated heterocycles. The van der Waals surface area contributed by atoms with E-state index in [1.807, 2.05) is 55.5 Å². The minimum Gasteiger partial charge on any atom is -0.373 e. The topological polar surface area (TPSA) is 86.2 Å². The van der Waals surface area contributed by atoms with Crippen LogP contribution in [0.4, 0.5) is 23.4 Å². The summed E-state index contributed by atoms with van der Waals surface area (Å²) in [4.78, 5) is 29.8. The Labute approximate surface area is 183 Å². The SMILES string of the molecule is CCc1nc(Nc2nc(-c3ccccc3)ncc2N(C)C)nc(N2CCN(C)CC2)n1. The van der Waals surface area contributed by atoms with E-state index in [0.717, 1.165) is 49.7 Å². The van der Waals surface area contributed by atoms with Crippen molar-refractivity contribution in [1.29, 1.82) is 0 Å². The molecule has 9 heteroatoms. The largest absolute Gasteiger partial charge is 0.373 e. The number of anilines is 4. The molecule has 0 aliphatic carbocycles. The van der Waals surface area contributed by atoms with E-state index in [1.165, 1.54) is 0 Å². The molecule has 1 aliphatic rings. The summed E-state index contributed by atoms with van der Waals surface area (Å²) < 4.78 is 0. The number of benzene rings is 1. The molecule has 0 saturated carbocycles. The molecule has 1 aromatic carbocycles. The molecule has 0 atom stereocenters. The van der Waals surface area contributed by atoms with Crippen LogP contribution in [-0.4, -0.2) is 77.1 Å². The Kier molecular flexibility index (Phi) is 6.22. The van der Waals surface area contributed by atoms with E-state index in [2.05, 4.69) is 44.0 Å². The van der Waals surface area contributed by atoms with Crippen molar-refractivity contribution in [3.8, 4) is 11.4 Å². The Morgan fingerprint density at radius 3 is 2.39 bits per heavy atom. The second-order valence-electron chi connectivity index (χ2n) is 7.83. The summed E-state index contributed by atoms with van der Waals surface area (Å²) in [6.45, 7) is 5.84. The number of hydrogen-bond acceptors (Lipinski definition) is 9. The number of rotatable bonds is 6. The van der Waals surface area contributed by atoms with Crippen molar-refractivity contribution in [3.05, 3.63) is 42.4 Å². The van der Waals surface area contributed by atoms with Crippen LogP contribution in [0.5, 0.6) is 0 Å². The fraction of sp³-hybridized carbons (Fsp3) is 0.409. The van der Waals surface area contributed by atoms with Crippen LogP contribution >= 0.6 is 0 Å². The van der Waals surface area contributed by atoms with Crippen molar-refractivity contribution in [1.82, 2.24) is 29.8 Å². The van der Waals surface area contributed by atoms with E-state index in [1.54, 1.807) is 0 Å². The predicted molar refractivity (Wildman–Crippen MR) is 124 cm³/mol. The lowest BCUT2D eigenvalue weighted by molar-refractivity contribution is 0.311. The van der Waals surface area contributed by atoms with Gasteiger partial charge in [0.05, 0.1) is 11.9 Å². The van der Waals surface area contributed by atoms with Gasteiger partial charge in [-0.25, -0.2) is 9.97 Å². The maximum Gasteiger partial charge on any atom is 0.233 e. The van der Waals surface area contributed by atoms with Crippen molar-refractivity contribution in [2.24, 2.45) is 0 Å². The number of piperazine rings is 1. The lowest BCUT2D eigenvalue weighted by atomic mass is 10.2. The molecule has 3 heterocycles. The Morgan fingerprint density at radius 2 is 1.71 bits per heavy atom. The van der Waals surface area contributed by atoms with Crippen LogP contribution in [0.3, 0.4) is 0 Å². The summed E-state index contributed by atoms with van der Waals surface area (Å²) in [5.41, 5.74) is 1.82. The Hall–Kier alpha value is -3.33. The second kappa shape index (κ2) is 9.22. The molecule has 1 N–H and O–H groups in total. The number of aromatic nitrogens is 5. The molecule has 0 amide bonds. The molecule has 0 unspecified atom stereocenters. The first-order valence-electron chi connectivity index (χ1n) is 10.6. The third-order valence-corrected chi connectivity index (χ3v) is 5.29. The summed E-state index contributed by atoms with van der Waals surface area (Å²) in [6, 6.07) is 9.94. The van der Waals surface area contributed by atoms with Crippen LogP contribution in [0.1, 0.15) is 12.7 Å².